The second-order valence-electron chi connectivity index (χ2n) is 3.43. The molecule has 6 nitrogen and oxygen atoms in total. The number of hydrogen-bond donors (Lipinski definition) is 2. The fraction of sp³-hybridized carbons (Fsp3) is 0.667. The van der Waals surface area contributed by atoms with Gasteiger partial charge in [-0.2, -0.15) is 0 Å². The second kappa shape index (κ2) is 6.62. The lowest BCUT2D eigenvalue weighted by atomic mass is 10.4. The maximum Gasteiger partial charge on any atom is 0.323 e. The van der Waals surface area contributed by atoms with E-state index in [1.165, 1.54) is 0 Å². The first-order valence-corrected chi connectivity index (χ1v) is 6.25. The van der Waals surface area contributed by atoms with E-state index in [2.05, 4.69) is 11.3 Å². The average Bonchev–Trinajstić information content (AvgIpc) is 2.15. The van der Waals surface area contributed by atoms with Crippen LogP contribution >= 0.6 is 0 Å². The molecule has 0 saturated heterocycles. The van der Waals surface area contributed by atoms with Crippen molar-refractivity contribution in [2.24, 2.45) is 0 Å². The molecule has 0 bridgehead atoms. The molecule has 0 amide bonds. The lowest BCUT2D eigenvalue weighted by molar-refractivity contribution is -0.136. The molecule has 0 aromatic heterocycles. The number of carboxylic acids is 1. The number of carboxylic acid groups (broad SMARTS) is 1. The van der Waals surface area contributed by atoms with Crippen LogP contribution in [0.1, 0.15) is 13.8 Å². The summed E-state index contributed by atoms with van der Waals surface area (Å²) < 4.78 is 29.8. The van der Waals surface area contributed by atoms with Gasteiger partial charge < -0.3 is 9.84 Å². The van der Waals surface area contributed by atoms with Gasteiger partial charge in [-0.25, -0.2) is 13.1 Å². The molecule has 0 aliphatic rings. The van der Waals surface area contributed by atoms with E-state index in [0.717, 1.165) is 12.5 Å². The third kappa shape index (κ3) is 5.84. The Kier molecular flexibility index (Phi) is 6.24. The van der Waals surface area contributed by atoms with E-state index in [9.17, 15) is 13.2 Å². The maximum atomic E-state index is 11.3. The van der Waals surface area contributed by atoms with Gasteiger partial charge in [-0.05, 0) is 13.8 Å². The van der Waals surface area contributed by atoms with Gasteiger partial charge in [0.25, 0.3) is 0 Å². The number of rotatable bonds is 8. The molecule has 0 aliphatic carbocycles. The molecule has 0 rings (SSSR count). The van der Waals surface area contributed by atoms with Crippen LogP contribution in [-0.2, 0) is 19.6 Å². The molecule has 0 aromatic rings. The monoisotopic (exact) mass is 251 g/mol. The molecule has 16 heavy (non-hydrogen) atoms. The molecule has 2 N–H and O–H groups in total. The average molecular weight is 251 g/mol. The van der Waals surface area contributed by atoms with Gasteiger partial charge in [0.05, 0.1) is 13.2 Å². The molecular formula is C9H17NO5S. The molecule has 0 heterocycles. The van der Waals surface area contributed by atoms with Crippen LogP contribution in [0.5, 0.6) is 0 Å². The van der Waals surface area contributed by atoms with E-state index in [-0.39, 0.29) is 13.2 Å². The summed E-state index contributed by atoms with van der Waals surface area (Å²) in [5, 5.41) is 7.07. The van der Waals surface area contributed by atoms with Crippen molar-refractivity contribution in [1.82, 2.24) is 4.72 Å². The highest BCUT2D eigenvalue weighted by atomic mass is 32.2. The van der Waals surface area contributed by atoms with Gasteiger partial charge in [0.15, 0.2) is 5.25 Å². The van der Waals surface area contributed by atoms with E-state index in [1.54, 1.807) is 6.92 Å². The summed E-state index contributed by atoms with van der Waals surface area (Å²) in [4.78, 5) is 10.5. The van der Waals surface area contributed by atoms with Crippen molar-refractivity contribution in [3.8, 4) is 0 Å². The first-order chi connectivity index (χ1) is 7.27. The summed E-state index contributed by atoms with van der Waals surface area (Å²) in [5.41, 5.74) is 0.835. The molecule has 0 aromatic carbocycles. The van der Waals surface area contributed by atoms with Gasteiger partial charge in [-0.15, -0.1) is 0 Å². The van der Waals surface area contributed by atoms with Crippen molar-refractivity contribution in [2.75, 3.05) is 19.8 Å². The third-order valence-electron chi connectivity index (χ3n) is 1.71. The van der Waals surface area contributed by atoms with E-state index in [4.69, 9.17) is 9.84 Å². The third-order valence-corrected chi connectivity index (χ3v) is 3.45. The summed E-state index contributed by atoms with van der Waals surface area (Å²) >= 11 is 0. The Morgan fingerprint density at radius 2 is 2.12 bits per heavy atom. The van der Waals surface area contributed by atoms with Crippen molar-refractivity contribution in [2.45, 2.75) is 19.1 Å². The molecule has 7 heteroatoms. The number of nitrogens with one attached hydrogen (secondary N) is 1. The Morgan fingerprint density at radius 1 is 1.56 bits per heavy atom. The minimum Gasteiger partial charge on any atom is -0.480 e. The van der Waals surface area contributed by atoms with Gasteiger partial charge in [0.1, 0.15) is 0 Å². The summed E-state index contributed by atoms with van der Waals surface area (Å²) in [6.45, 7) is 7.10. The Morgan fingerprint density at radius 3 is 2.56 bits per heavy atom. The van der Waals surface area contributed by atoms with Crippen LogP contribution in [0.25, 0.3) is 0 Å². The zero-order chi connectivity index (χ0) is 12.8. The molecule has 1 atom stereocenters. The van der Waals surface area contributed by atoms with Crippen molar-refractivity contribution in [1.29, 1.82) is 0 Å². The number of hydrogen-bond acceptors (Lipinski definition) is 4. The van der Waals surface area contributed by atoms with Gasteiger partial charge in [-0.1, -0.05) is 12.2 Å². The van der Waals surface area contributed by atoms with Gasteiger partial charge >= 0.3 is 5.97 Å². The first kappa shape index (κ1) is 15.1. The van der Waals surface area contributed by atoms with Crippen molar-refractivity contribution < 1.29 is 23.1 Å². The van der Waals surface area contributed by atoms with E-state index in [1.807, 2.05) is 0 Å². The van der Waals surface area contributed by atoms with Gasteiger partial charge in [-0.3, -0.25) is 4.79 Å². The zero-order valence-electron chi connectivity index (χ0n) is 9.39. The Balaban J connectivity index is 3.93. The summed E-state index contributed by atoms with van der Waals surface area (Å²) in [6.07, 6.45) is 0. The molecule has 0 radical (unpaired) electrons. The minimum absolute atomic E-state index is 0.0488. The van der Waals surface area contributed by atoms with Crippen molar-refractivity contribution >= 4 is 16.0 Å². The number of ether oxygens (including phenoxy) is 1. The van der Waals surface area contributed by atoms with Crippen LogP contribution in [0.2, 0.25) is 0 Å². The Labute approximate surface area is 95.3 Å². The smallest absolute Gasteiger partial charge is 0.323 e. The Hall–Kier alpha value is -0.920. The highest BCUT2D eigenvalue weighted by molar-refractivity contribution is 7.90. The molecule has 1 unspecified atom stereocenters. The van der Waals surface area contributed by atoms with Crippen LogP contribution < -0.4 is 4.72 Å². The van der Waals surface area contributed by atoms with Crippen LogP contribution in [0.15, 0.2) is 12.2 Å². The predicted octanol–water partition coefficient (Wildman–Crippen LogP) is -0.0284. The fourth-order valence-corrected chi connectivity index (χ4v) is 1.64. The Bertz CT molecular complexity index is 349. The quantitative estimate of drug-likeness (QED) is 0.467. The summed E-state index contributed by atoms with van der Waals surface area (Å²) in [6, 6.07) is 0. The molecule has 0 saturated carbocycles. The summed E-state index contributed by atoms with van der Waals surface area (Å²) in [7, 11) is -3.81. The molecule has 0 fully saturated rings. The van der Waals surface area contributed by atoms with Crippen LogP contribution in [0, 0.1) is 0 Å². The first-order valence-electron chi connectivity index (χ1n) is 4.70. The van der Waals surface area contributed by atoms with Gasteiger partial charge in [0.2, 0.25) is 10.0 Å². The number of carbonyl (C=O) groups is 1. The standard InChI is InChI=1S/C9H17NO5S/c1-7(2)6-15-5-4-10-16(13,14)8(3)9(11)12/h8,10H,1,4-6H2,2-3H3,(H,11,12). The highest BCUT2D eigenvalue weighted by Crippen LogP contribution is 1.97. The largest absolute Gasteiger partial charge is 0.480 e. The molecule has 94 valence electrons. The fourth-order valence-electron chi connectivity index (χ4n) is 0.760. The topological polar surface area (TPSA) is 92.7 Å². The lowest BCUT2D eigenvalue weighted by Gasteiger charge is -2.10. The van der Waals surface area contributed by atoms with Gasteiger partial charge in [0, 0.05) is 6.54 Å². The molecular weight excluding hydrogens is 234 g/mol. The van der Waals surface area contributed by atoms with E-state index >= 15 is 0 Å². The van der Waals surface area contributed by atoms with Crippen molar-refractivity contribution in [3.05, 3.63) is 12.2 Å². The zero-order valence-corrected chi connectivity index (χ0v) is 10.2. The highest BCUT2D eigenvalue weighted by Gasteiger charge is 2.26. The SMILES string of the molecule is C=C(C)COCCNS(=O)(=O)C(C)C(=O)O. The van der Waals surface area contributed by atoms with Crippen LogP contribution in [-0.4, -0.2) is 44.5 Å². The normalized spacial score (nSPS) is 13.4. The second-order valence-corrected chi connectivity index (χ2v) is 5.52. The van der Waals surface area contributed by atoms with E-state index in [0.29, 0.717) is 6.61 Å². The minimum atomic E-state index is -3.81. The predicted molar refractivity (Wildman–Crippen MR) is 59.7 cm³/mol. The van der Waals surface area contributed by atoms with Crippen LogP contribution in [0.4, 0.5) is 0 Å². The van der Waals surface area contributed by atoms with Crippen LogP contribution in [0.3, 0.4) is 0 Å². The summed E-state index contributed by atoms with van der Waals surface area (Å²) in [5.74, 6) is -1.38. The lowest BCUT2D eigenvalue weighted by Crippen LogP contribution is -2.38. The molecule has 0 aliphatic heterocycles. The van der Waals surface area contributed by atoms with E-state index < -0.39 is 21.2 Å². The number of aliphatic carboxylic acids is 1. The molecule has 0 spiro atoms. The van der Waals surface area contributed by atoms with Crippen molar-refractivity contribution in [3.63, 3.8) is 0 Å². The number of sulfonamides is 1. The maximum absolute atomic E-state index is 11.3.